The van der Waals surface area contributed by atoms with Crippen molar-refractivity contribution in [1.82, 2.24) is 9.80 Å². The molecule has 0 aliphatic carbocycles. The lowest BCUT2D eigenvalue weighted by molar-refractivity contribution is -0.137. The highest BCUT2D eigenvalue weighted by Gasteiger charge is 2.00. The van der Waals surface area contributed by atoms with Crippen molar-refractivity contribution in [1.29, 1.82) is 0 Å². The normalized spacial score (nSPS) is 11.3. The van der Waals surface area contributed by atoms with Gasteiger partial charge in [-0.3, -0.25) is 4.79 Å². The molecule has 0 fully saturated rings. The van der Waals surface area contributed by atoms with E-state index in [0.29, 0.717) is 6.42 Å². The lowest BCUT2D eigenvalue weighted by Gasteiger charge is -2.17. The van der Waals surface area contributed by atoms with Crippen molar-refractivity contribution < 1.29 is 9.90 Å². The highest BCUT2D eigenvalue weighted by atomic mass is 16.4. The third-order valence-electron chi connectivity index (χ3n) is 2.58. The van der Waals surface area contributed by atoms with E-state index in [0.717, 1.165) is 38.9 Å². The fourth-order valence-electron chi connectivity index (χ4n) is 1.60. The van der Waals surface area contributed by atoms with E-state index in [4.69, 9.17) is 5.11 Å². The van der Waals surface area contributed by atoms with Crippen molar-refractivity contribution in [3.63, 3.8) is 0 Å². The van der Waals surface area contributed by atoms with Gasteiger partial charge in [-0.2, -0.15) is 0 Å². The van der Waals surface area contributed by atoms with Crippen LogP contribution in [0.5, 0.6) is 0 Å². The molecule has 0 spiro atoms. The zero-order valence-corrected chi connectivity index (χ0v) is 10.9. The van der Waals surface area contributed by atoms with E-state index in [9.17, 15) is 4.79 Å². The summed E-state index contributed by atoms with van der Waals surface area (Å²) in [6.45, 7) is 3.33. The van der Waals surface area contributed by atoms with Crippen LogP contribution in [0.3, 0.4) is 0 Å². The number of aliphatic carboxylic acids is 1. The van der Waals surface area contributed by atoms with Crippen molar-refractivity contribution in [2.24, 2.45) is 0 Å². The second-order valence-corrected chi connectivity index (χ2v) is 4.66. The molecule has 0 unspecified atom stereocenters. The number of rotatable bonds is 10. The van der Waals surface area contributed by atoms with Gasteiger partial charge in [0.25, 0.3) is 0 Å². The zero-order chi connectivity index (χ0) is 12.4. The van der Waals surface area contributed by atoms with Gasteiger partial charge in [0.15, 0.2) is 0 Å². The maximum absolute atomic E-state index is 10.3. The van der Waals surface area contributed by atoms with E-state index >= 15 is 0 Å². The molecule has 0 aliphatic rings. The maximum atomic E-state index is 10.3. The Morgan fingerprint density at radius 1 is 0.938 bits per heavy atom. The first-order valence-corrected chi connectivity index (χ1v) is 6.07. The van der Waals surface area contributed by atoms with Gasteiger partial charge in [-0.15, -0.1) is 0 Å². The summed E-state index contributed by atoms with van der Waals surface area (Å²) in [5.41, 5.74) is 0. The minimum absolute atomic E-state index is 0.310. The van der Waals surface area contributed by atoms with Crippen LogP contribution in [0.15, 0.2) is 0 Å². The Morgan fingerprint density at radius 3 is 2.12 bits per heavy atom. The van der Waals surface area contributed by atoms with Gasteiger partial charge in [0.2, 0.25) is 0 Å². The average Bonchev–Trinajstić information content (AvgIpc) is 2.16. The van der Waals surface area contributed by atoms with Crippen LogP contribution >= 0.6 is 0 Å². The average molecular weight is 230 g/mol. The van der Waals surface area contributed by atoms with E-state index < -0.39 is 5.97 Å². The van der Waals surface area contributed by atoms with Gasteiger partial charge in [-0.05, 0) is 60.0 Å². The van der Waals surface area contributed by atoms with Crippen LogP contribution in [0.1, 0.15) is 32.1 Å². The summed E-state index contributed by atoms with van der Waals surface area (Å²) in [4.78, 5) is 14.8. The molecule has 0 atom stereocenters. The quantitative estimate of drug-likeness (QED) is 0.578. The summed E-state index contributed by atoms with van der Waals surface area (Å²) in [6, 6.07) is 0. The van der Waals surface area contributed by atoms with Crippen LogP contribution < -0.4 is 0 Å². The summed E-state index contributed by atoms with van der Waals surface area (Å²) in [6.07, 6.45) is 4.43. The molecule has 0 aromatic heterocycles. The number of hydrogen-bond acceptors (Lipinski definition) is 3. The molecule has 0 radical (unpaired) electrons. The van der Waals surface area contributed by atoms with E-state index in [2.05, 4.69) is 30.9 Å². The summed E-state index contributed by atoms with van der Waals surface area (Å²) in [5.74, 6) is -0.681. The molecule has 0 saturated heterocycles. The van der Waals surface area contributed by atoms with Crippen LogP contribution in [0.2, 0.25) is 0 Å². The number of carboxylic acid groups (broad SMARTS) is 1. The number of carboxylic acids is 1. The molecule has 0 amide bonds. The van der Waals surface area contributed by atoms with Gasteiger partial charge >= 0.3 is 5.97 Å². The molecule has 0 aromatic carbocycles. The topological polar surface area (TPSA) is 43.8 Å². The third kappa shape index (κ3) is 11.5. The lowest BCUT2D eigenvalue weighted by Crippen LogP contribution is -2.24. The molecular weight excluding hydrogens is 204 g/mol. The SMILES string of the molecule is CN(C)CCCN(C)CCCCCC(=O)O. The Labute approximate surface area is 99.2 Å². The standard InChI is InChI=1S/C12H26N2O2/c1-13(2)9-7-11-14(3)10-6-4-5-8-12(15)16/h4-11H2,1-3H3,(H,15,16). The number of unbranched alkanes of at least 4 members (excludes halogenated alkanes) is 2. The Kier molecular flexibility index (Phi) is 9.24. The number of hydrogen-bond donors (Lipinski definition) is 1. The van der Waals surface area contributed by atoms with Gasteiger partial charge in [0, 0.05) is 6.42 Å². The van der Waals surface area contributed by atoms with Crippen LogP contribution in [-0.4, -0.2) is 61.7 Å². The smallest absolute Gasteiger partial charge is 0.303 e. The van der Waals surface area contributed by atoms with Crippen LogP contribution in [0, 0.1) is 0 Å². The Morgan fingerprint density at radius 2 is 1.56 bits per heavy atom. The first-order chi connectivity index (χ1) is 7.52. The highest BCUT2D eigenvalue weighted by molar-refractivity contribution is 5.66. The minimum atomic E-state index is -0.681. The fourth-order valence-corrected chi connectivity index (χ4v) is 1.60. The zero-order valence-electron chi connectivity index (χ0n) is 10.9. The van der Waals surface area contributed by atoms with Crippen molar-refractivity contribution in [3.05, 3.63) is 0 Å². The largest absolute Gasteiger partial charge is 0.481 e. The molecular formula is C12H26N2O2. The highest BCUT2D eigenvalue weighted by Crippen LogP contribution is 2.01. The Bertz CT molecular complexity index is 184. The van der Waals surface area contributed by atoms with E-state index in [1.54, 1.807) is 0 Å². The molecule has 16 heavy (non-hydrogen) atoms. The first kappa shape index (κ1) is 15.4. The van der Waals surface area contributed by atoms with Crippen LogP contribution in [0.4, 0.5) is 0 Å². The van der Waals surface area contributed by atoms with E-state index in [-0.39, 0.29) is 0 Å². The molecule has 0 heterocycles. The van der Waals surface area contributed by atoms with Crippen LogP contribution in [0.25, 0.3) is 0 Å². The molecule has 0 bridgehead atoms. The molecule has 0 rings (SSSR count). The Balaban J connectivity index is 3.23. The molecule has 4 heteroatoms. The van der Waals surface area contributed by atoms with Gasteiger partial charge < -0.3 is 14.9 Å². The molecule has 96 valence electrons. The second kappa shape index (κ2) is 9.60. The predicted octanol–water partition coefficient (Wildman–Crippen LogP) is 1.51. The number of carbonyl (C=O) groups is 1. The molecule has 4 nitrogen and oxygen atoms in total. The van der Waals surface area contributed by atoms with Gasteiger partial charge in [0.1, 0.15) is 0 Å². The molecule has 1 N–H and O–H groups in total. The molecule has 0 saturated carbocycles. The summed E-state index contributed by atoms with van der Waals surface area (Å²) in [5, 5.41) is 8.48. The third-order valence-corrected chi connectivity index (χ3v) is 2.58. The van der Waals surface area contributed by atoms with Gasteiger partial charge in [-0.1, -0.05) is 6.42 Å². The van der Waals surface area contributed by atoms with Crippen molar-refractivity contribution in [2.75, 3.05) is 40.8 Å². The number of nitrogens with zero attached hydrogens (tertiary/aromatic N) is 2. The Hall–Kier alpha value is -0.610. The minimum Gasteiger partial charge on any atom is -0.481 e. The van der Waals surface area contributed by atoms with E-state index in [1.165, 1.54) is 6.42 Å². The van der Waals surface area contributed by atoms with Crippen LogP contribution in [-0.2, 0) is 4.79 Å². The van der Waals surface area contributed by atoms with Gasteiger partial charge in [-0.25, -0.2) is 0 Å². The first-order valence-electron chi connectivity index (χ1n) is 6.07. The molecule has 0 aliphatic heterocycles. The maximum Gasteiger partial charge on any atom is 0.303 e. The van der Waals surface area contributed by atoms with Crippen molar-refractivity contribution in [2.45, 2.75) is 32.1 Å². The predicted molar refractivity (Wildman–Crippen MR) is 66.8 cm³/mol. The van der Waals surface area contributed by atoms with Gasteiger partial charge in [0.05, 0.1) is 0 Å². The van der Waals surface area contributed by atoms with Crippen molar-refractivity contribution in [3.8, 4) is 0 Å². The fraction of sp³-hybridized carbons (Fsp3) is 0.917. The van der Waals surface area contributed by atoms with Crippen molar-refractivity contribution >= 4 is 5.97 Å². The summed E-state index contributed by atoms with van der Waals surface area (Å²) >= 11 is 0. The second-order valence-electron chi connectivity index (χ2n) is 4.66. The summed E-state index contributed by atoms with van der Waals surface area (Å²) < 4.78 is 0. The monoisotopic (exact) mass is 230 g/mol. The molecule has 0 aromatic rings. The summed E-state index contributed by atoms with van der Waals surface area (Å²) in [7, 11) is 6.31. The van der Waals surface area contributed by atoms with E-state index in [1.807, 2.05) is 0 Å². The lowest BCUT2D eigenvalue weighted by atomic mass is 10.2.